The van der Waals surface area contributed by atoms with Crippen LogP contribution in [-0.2, 0) is 9.59 Å². The largest absolute Gasteiger partial charge is 0.342 e. The number of anilines is 1. The van der Waals surface area contributed by atoms with E-state index >= 15 is 0 Å². The highest BCUT2D eigenvalue weighted by atomic mass is 35.5. The van der Waals surface area contributed by atoms with Gasteiger partial charge < -0.3 is 10.2 Å². The molecule has 0 unspecified atom stereocenters. The second kappa shape index (κ2) is 9.56. The fourth-order valence-electron chi connectivity index (χ4n) is 2.49. The lowest BCUT2D eigenvalue weighted by Crippen LogP contribution is -2.33. The summed E-state index contributed by atoms with van der Waals surface area (Å²) in [4.78, 5) is 25.5. The van der Waals surface area contributed by atoms with Gasteiger partial charge in [-0.05, 0) is 37.5 Å². The highest BCUT2D eigenvalue weighted by molar-refractivity contribution is 6.34. The number of rotatable bonds is 8. The molecule has 1 aromatic rings. The number of hydrogen-bond donors (Lipinski definition) is 1. The first-order valence-electron chi connectivity index (χ1n) is 8.17. The normalized spacial score (nSPS) is 10.5. The molecule has 4 nitrogen and oxygen atoms in total. The van der Waals surface area contributed by atoms with Crippen molar-refractivity contribution >= 4 is 29.1 Å². The van der Waals surface area contributed by atoms with E-state index in [1.807, 2.05) is 26.0 Å². The average Bonchev–Trinajstić information content (AvgIpc) is 2.46. The third-order valence-electron chi connectivity index (χ3n) is 3.78. The number of amides is 2. The summed E-state index contributed by atoms with van der Waals surface area (Å²) in [6, 6.07) is 3.81. The molecule has 0 aromatic heterocycles. The molecule has 1 rings (SSSR count). The van der Waals surface area contributed by atoms with Crippen molar-refractivity contribution in [1.29, 1.82) is 0 Å². The summed E-state index contributed by atoms with van der Waals surface area (Å²) in [5.74, 6) is -0.112. The molecule has 0 fully saturated rings. The van der Waals surface area contributed by atoms with Gasteiger partial charge in [-0.1, -0.05) is 37.4 Å². The molecule has 0 spiro atoms. The maximum atomic E-state index is 12.2. The van der Waals surface area contributed by atoms with Crippen LogP contribution in [0.2, 0.25) is 5.02 Å². The molecule has 0 saturated carbocycles. The first-order valence-corrected chi connectivity index (χ1v) is 8.55. The number of nitrogens with zero attached hydrogens (tertiary/aromatic N) is 1. The van der Waals surface area contributed by atoms with Gasteiger partial charge in [0.15, 0.2) is 0 Å². The highest BCUT2D eigenvalue weighted by Crippen LogP contribution is 2.27. The number of hydrogen-bond acceptors (Lipinski definition) is 2. The molecule has 1 N–H and O–H groups in total. The number of halogens is 1. The number of unbranched alkanes of at least 4 members (excludes halogenated alkanes) is 2. The first kappa shape index (κ1) is 19.5. The minimum absolute atomic E-state index is 0.0125. The molecule has 0 heterocycles. The van der Waals surface area contributed by atoms with Crippen LogP contribution in [0.25, 0.3) is 0 Å². The predicted octanol–water partition coefficient (Wildman–Crippen LogP) is 4.32. The number of benzene rings is 1. The molecule has 0 aliphatic carbocycles. The van der Waals surface area contributed by atoms with E-state index in [9.17, 15) is 9.59 Å². The maximum Gasteiger partial charge on any atom is 0.226 e. The lowest BCUT2D eigenvalue weighted by Gasteiger charge is -2.21. The van der Waals surface area contributed by atoms with Crippen LogP contribution in [0.5, 0.6) is 0 Å². The second-order valence-electron chi connectivity index (χ2n) is 5.95. The van der Waals surface area contributed by atoms with E-state index < -0.39 is 0 Å². The van der Waals surface area contributed by atoms with Crippen molar-refractivity contribution in [2.45, 2.75) is 53.4 Å². The van der Waals surface area contributed by atoms with Crippen LogP contribution >= 0.6 is 11.6 Å². The van der Waals surface area contributed by atoms with Gasteiger partial charge in [0.2, 0.25) is 11.8 Å². The van der Waals surface area contributed by atoms with E-state index in [-0.39, 0.29) is 18.2 Å². The Hall–Kier alpha value is -1.55. The SMILES string of the molecule is CCCCCN(CCC(=O)Nc1c(C)cc(C)cc1Cl)C(C)=O. The average molecular weight is 339 g/mol. The lowest BCUT2D eigenvalue weighted by atomic mass is 10.1. The second-order valence-corrected chi connectivity index (χ2v) is 6.36. The van der Waals surface area contributed by atoms with E-state index in [1.165, 1.54) is 0 Å². The molecule has 0 atom stereocenters. The number of aryl methyl sites for hydroxylation is 2. The molecule has 2 amide bonds. The van der Waals surface area contributed by atoms with Crippen LogP contribution < -0.4 is 5.32 Å². The molecule has 0 saturated heterocycles. The van der Waals surface area contributed by atoms with Crippen molar-refractivity contribution in [3.63, 3.8) is 0 Å². The van der Waals surface area contributed by atoms with Gasteiger partial charge in [0, 0.05) is 26.4 Å². The van der Waals surface area contributed by atoms with Crippen molar-refractivity contribution in [3.05, 3.63) is 28.3 Å². The van der Waals surface area contributed by atoms with Crippen molar-refractivity contribution in [3.8, 4) is 0 Å². The summed E-state index contributed by atoms with van der Waals surface area (Å²) < 4.78 is 0. The van der Waals surface area contributed by atoms with Gasteiger partial charge in [-0.2, -0.15) is 0 Å². The summed E-state index contributed by atoms with van der Waals surface area (Å²) >= 11 is 6.20. The van der Waals surface area contributed by atoms with Gasteiger partial charge >= 0.3 is 0 Å². The van der Waals surface area contributed by atoms with Gasteiger partial charge in [-0.25, -0.2) is 0 Å². The Morgan fingerprint density at radius 3 is 2.43 bits per heavy atom. The minimum atomic E-state index is -0.124. The van der Waals surface area contributed by atoms with E-state index in [0.29, 0.717) is 23.8 Å². The van der Waals surface area contributed by atoms with Gasteiger partial charge in [-0.15, -0.1) is 0 Å². The minimum Gasteiger partial charge on any atom is -0.342 e. The Labute approximate surface area is 144 Å². The Morgan fingerprint density at radius 1 is 1.17 bits per heavy atom. The van der Waals surface area contributed by atoms with E-state index in [1.54, 1.807) is 11.8 Å². The standard InChI is InChI=1S/C18H27ClN2O2/c1-5-6-7-9-21(15(4)22)10-8-17(23)20-18-14(3)11-13(2)12-16(18)19/h11-12H,5-10H2,1-4H3,(H,20,23). The molecule has 23 heavy (non-hydrogen) atoms. The maximum absolute atomic E-state index is 12.2. The van der Waals surface area contributed by atoms with Crippen LogP contribution in [-0.4, -0.2) is 29.8 Å². The zero-order valence-corrected chi connectivity index (χ0v) is 15.3. The quantitative estimate of drug-likeness (QED) is 0.717. The summed E-state index contributed by atoms with van der Waals surface area (Å²) in [6.45, 7) is 8.70. The van der Waals surface area contributed by atoms with Gasteiger partial charge in [0.1, 0.15) is 0 Å². The Morgan fingerprint density at radius 2 is 1.87 bits per heavy atom. The van der Waals surface area contributed by atoms with Crippen LogP contribution in [0.4, 0.5) is 5.69 Å². The molecular formula is C18H27ClN2O2. The number of carbonyl (C=O) groups excluding carboxylic acids is 2. The molecular weight excluding hydrogens is 312 g/mol. The van der Waals surface area contributed by atoms with Gasteiger partial charge in [0.25, 0.3) is 0 Å². The van der Waals surface area contributed by atoms with Crippen molar-refractivity contribution in [2.24, 2.45) is 0 Å². The van der Waals surface area contributed by atoms with Crippen molar-refractivity contribution in [1.82, 2.24) is 4.90 Å². The fraction of sp³-hybridized carbons (Fsp3) is 0.556. The molecule has 0 bridgehead atoms. The number of carbonyl (C=O) groups is 2. The van der Waals surface area contributed by atoms with Crippen LogP contribution in [0.3, 0.4) is 0 Å². The molecule has 0 aliphatic heterocycles. The molecule has 0 aliphatic rings. The fourth-order valence-corrected chi connectivity index (χ4v) is 2.86. The van der Waals surface area contributed by atoms with Crippen molar-refractivity contribution in [2.75, 3.05) is 18.4 Å². The smallest absolute Gasteiger partial charge is 0.226 e. The van der Waals surface area contributed by atoms with Gasteiger partial charge in [-0.3, -0.25) is 9.59 Å². The monoisotopic (exact) mass is 338 g/mol. The summed E-state index contributed by atoms with van der Waals surface area (Å²) in [5.41, 5.74) is 2.65. The molecule has 5 heteroatoms. The Bertz CT molecular complexity index is 535. The van der Waals surface area contributed by atoms with Crippen LogP contribution in [0, 0.1) is 13.8 Å². The molecule has 1 aromatic carbocycles. The first-order chi connectivity index (χ1) is 10.8. The third-order valence-corrected chi connectivity index (χ3v) is 4.08. The van der Waals surface area contributed by atoms with E-state index in [2.05, 4.69) is 12.2 Å². The predicted molar refractivity (Wildman–Crippen MR) is 96.0 cm³/mol. The van der Waals surface area contributed by atoms with Crippen molar-refractivity contribution < 1.29 is 9.59 Å². The lowest BCUT2D eigenvalue weighted by molar-refractivity contribution is -0.129. The molecule has 0 radical (unpaired) electrons. The van der Waals surface area contributed by atoms with Gasteiger partial charge in [0.05, 0.1) is 10.7 Å². The summed E-state index contributed by atoms with van der Waals surface area (Å²) in [6.07, 6.45) is 3.45. The summed E-state index contributed by atoms with van der Waals surface area (Å²) in [5, 5.41) is 3.40. The summed E-state index contributed by atoms with van der Waals surface area (Å²) in [7, 11) is 0. The Balaban J connectivity index is 2.57. The topological polar surface area (TPSA) is 49.4 Å². The highest BCUT2D eigenvalue weighted by Gasteiger charge is 2.13. The zero-order valence-electron chi connectivity index (χ0n) is 14.5. The Kier molecular flexibility index (Phi) is 8.10. The van der Waals surface area contributed by atoms with Crippen LogP contribution in [0.15, 0.2) is 12.1 Å². The van der Waals surface area contributed by atoms with E-state index in [4.69, 9.17) is 11.6 Å². The van der Waals surface area contributed by atoms with Crippen LogP contribution in [0.1, 0.15) is 50.7 Å². The van der Waals surface area contributed by atoms with E-state index in [0.717, 1.165) is 30.4 Å². The zero-order chi connectivity index (χ0) is 17.4. The third kappa shape index (κ3) is 6.61. The molecule has 128 valence electrons. The number of nitrogens with one attached hydrogen (secondary N) is 1.